The van der Waals surface area contributed by atoms with E-state index in [2.05, 4.69) is 4.74 Å². The van der Waals surface area contributed by atoms with Gasteiger partial charge < -0.3 is 14.6 Å². The van der Waals surface area contributed by atoms with Crippen molar-refractivity contribution in [2.75, 3.05) is 7.11 Å². The lowest BCUT2D eigenvalue weighted by Gasteiger charge is -2.17. The molecule has 0 saturated heterocycles. The molecule has 1 rings (SSSR count). The van der Waals surface area contributed by atoms with E-state index in [9.17, 15) is 9.90 Å². The highest BCUT2D eigenvalue weighted by atomic mass is 16.6. The number of methoxy groups -OCH3 is 1. The third-order valence-corrected chi connectivity index (χ3v) is 2.14. The number of carbonyl (C=O) groups is 1. The molecule has 0 saturated carbocycles. The van der Waals surface area contributed by atoms with Gasteiger partial charge in [0.2, 0.25) is 0 Å². The van der Waals surface area contributed by atoms with E-state index in [1.165, 1.54) is 14.0 Å². The third kappa shape index (κ3) is 3.64. The first kappa shape index (κ1) is 12.7. The first-order valence-electron chi connectivity index (χ1n) is 5.06. The zero-order valence-corrected chi connectivity index (χ0v) is 9.42. The first-order chi connectivity index (χ1) is 7.65. The van der Waals surface area contributed by atoms with Gasteiger partial charge in [0.1, 0.15) is 0 Å². The van der Waals surface area contributed by atoms with Crippen molar-refractivity contribution in [1.29, 1.82) is 0 Å². The Kier molecular flexibility index (Phi) is 4.95. The molecule has 0 heterocycles. The molecule has 0 aliphatic carbocycles. The van der Waals surface area contributed by atoms with Crippen LogP contribution < -0.4 is 0 Å². The maximum absolute atomic E-state index is 11.3. The van der Waals surface area contributed by atoms with E-state index < -0.39 is 18.2 Å². The Morgan fingerprint density at radius 2 is 2.00 bits per heavy atom. The molecule has 0 amide bonds. The smallest absolute Gasteiger partial charge is 0.337 e. The van der Waals surface area contributed by atoms with Gasteiger partial charge in [0.15, 0.2) is 6.10 Å². The fourth-order valence-corrected chi connectivity index (χ4v) is 1.28. The lowest BCUT2D eigenvalue weighted by atomic mass is 10.2. The molecule has 0 radical (unpaired) electrons. The van der Waals surface area contributed by atoms with E-state index in [0.717, 1.165) is 5.56 Å². The minimum atomic E-state index is -0.940. The van der Waals surface area contributed by atoms with Crippen LogP contribution in [0.1, 0.15) is 12.5 Å². The van der Waals surface area contributed by atoms with Crippen LogP contribution in [0, 0.1) is 0 Å². The second kappa shape index (κ2) is 6.25. The van der Waals surface area contributed by atoms with E-state index in [1.807, 2.05) is 30.3 Å². The molecule has 0 aromatic heterocycles. The van der Waals surface area contributed by atoms with Crippen LogP contribution >= 0.6 is 0 Å². The van der Waals surface area contributed by atoms with Gasteiger partial charge in [-0.25, -0.2) is 4.79 Å². The van der Waals surface area contributed by atoms with Crippen molar-refractivity contribution in [3.63, 3.8) is 0 Å². The summed E-state index contributed by atoms with van der Waals surface area (Å²) in [6.45, 7) is 1.76. The average Bonchev–Trinajstić information content (AvgIpc) is 2.30. The average molecular weight is 224 g/mol. The number of aliphatic hydroxyl groups is 1. The van der Waals surface area contributed by atoms with Crippen LogP contribution in [0.5, 0.6) is 0 Å². The van der Waals surface area contributed by atoms with Crippen molar-refractivity contribution < 1.29 is 19.4 Å². The normalized spacial score (nSPS) is 14.2. The molecule has 0 aliphatic rings. The summed E-state index contributed by atoms with van der Waals surface area (Å²) in [7, 11) is 1.27. The molecule has 4 nitrogen and oxygen atoms in total. The number of rotatable bonds is 5. The number of esters is 1. The topological polar surface area (TPSA) is 55.8 Å². The van der Waals surface area contributed by atoms with E-state index in [1.54, 1.807) is 0 Å². The van der Waals surface area contributed by atoms with Crippen LogP contribution in [0.3, 0.4) is 0 Å². The first-order valence-corrected chi connectivity index (χ1v) is 5.06. The number of hydrogen-bond acceptors (Lipinski definition) is 4. The van der Waals surface area contributed by atoms with Gasteiger partial charge >= 0.3 is 5.97 Å². The zero-order valence-electron chi connectivity index (χ0n) is 9.42. The SMILES string of the molecule is COC(=O)[C@@H](OCc1ccccc1)[C@@H](C)O. The van der Waals surface area contributed by atoms with Crippen LogP contribution in [-0.2, 0) is 20.9 Å². The highest BCUT2D eigenvalue weighted by molar-refractivity contribution is 5.75. The number of hydrogen-bond donors (Lipinski definition) is 1. The van der Waals surface area contributed by atoms with Crippen molar-refractivity contribution >= 4 is 5.97 Å². The maximum Gasteiger partial charge on any atom is 0.337 e. The van der Waals surface area contributed by atoms with Crippen molar-refractivity contribution in [2.24, 2.45) is 0 Å². The molecule has 0 bridgehead atoms. The predicted octanol–water partition coefficient (Wildman–Crippen LogP) is 1.13. The van der Waals surface area contributed by atoms with Crippen molar-refractivity contribution in [3.8, 4) is 0 Å². The Labute approximate surface area is 94.8 Å². The predicted molar refractivity (Wildman–Crippen MR) is 58.7 cm³/mol. The molecule has 88 valence electrons. The second-order valence-corrected chi connectivity index (χ2v) is 3.48. The lowest BCUT2D eigenvalue weighted by Crippen LogP contribution is -2.35. The molecule has 4 heteroatoms. The van der Waals surface area contributed by atoms with Gasteiger partial charge in [-0.1, -0.05) is 30.3 Å². The molecule has 0 spiro atoms. The summed E-state index contributed by atoms with van der Waals surface area (Å²) in [5.74, 6) is -0.564. The minimum Gasteiger partial charge on any atom is -0.467 e. The number of benzene rings is 1. The van der Waals surface area contributed by atoms with Crippen LogP contribution in [-0.4, -0.2) is 30.4 Å². The summed E-state index contributed by atoms with van der Waals surface area (Å²) in [5, 5.41) is 9.37. The molecule has 0 aliphatic heterocycles. The van der Waals surface area contributed by atoms with Gasteiger partial charge in [0, 0.05) is 0 Å². The Morgan fingerprint density at radius 1 is 1.38 bits per heavy atom. The summed E-state index contributed by atoms with van der Waals surface area (Å²) in [6.07, 6.45) is -1.83. The highest BCUT2D eigenvalue weighted by Gasteiger charge is 2.25. The van der Waals surface area contributed by atoms with Gasteiger partial charge in [-0.3, -0.25) is 0 Å². The van der Waals surface area contributed by atoms with Crippen LogP contribution in [0.4, 0.5) is 0 Å². The highest BCUT2D eigenvalue weighted by Crippen LogP contribution is 2.07. The number of carbonyl (C=O) groups excluding carboxylic acids is 1. The largest absolute Gasteiger partial charge is 0.467 e. The fourth-order valence-electron chi connectivity index (χ4n) is 1.28. The summed E-state index contributed by atoms with van der Waals surface area (Å²) in [4.78, 5) is 11.3. The summed E-state index contributed by atoms with van der Waals surface area (Å²) >= 11 is 0. The molecule has 1 aromatic carbocycles. The van der Waals surface area contributed by atoms with Gasteiger partial charge in [-0.05, 0) is 12.5 Å². The van der Waals surface area contributed by atoms with Crippen LogP contribution in [0.2, 0.25) is 0 Å². The van der Waals surface area contributed by atoms with Crippen molar-refractivity contribution in [1.82, 2.24) is 0 Å². The Morgan fingerprint density at radius 3 is 2.50 bits per heavy atom. The van der Waals surface area contributed by atoms with Crippen LogP contribution in [0.25, 0.3) is 0 Å². The molecule has 0 unspecified atom stereocenters. The monoisotopic (exact) mass is 224 g/mol. The van der Waals surface area contributed by atoms with Gasteiger partial charge in [-0.2, -0.15) is 0 Å². The van der Waals surface area contributed by atoms with E-state index in [4.69, 9.17) is 4.74 Å². The summed E-state index contributed by atoms with van der Waals surface area (Å²) < 4.78 is 9.86. The van der Waals surface area contributed by atoms with E-state index in [-0.39, 0.29) is 6.61 Å². The molecule has 16 heavy (non-hydrogen) atoms. The third-order valence-electron chi connectivity index (χ3n) is 2.14. The van der Waals surface area contributed by atoms with Crippen LogP contribution in [0.15, 0.2) is 30.3 Å². The molecular formula is C12H16O4. The molecule has 1 aromatic rings. The molecule has 1 N–H and O–H groups in total. The van der Waals surface area contributed by atoms with Crippen molar-refractivity contribution in [3.05, 3.63) is 35.9 Å². The van der Waals surface area contributed by atoms with Crippen molar-refractivity contribution in [2.45, 2.75) is 25.7 Å². The number of aliphatic hydroxyl groups excluding tert-OH is 1. The Hall–Kier alpha value is -1.39. The Balaban J connectivity index is 2.54. The van der Waals surface area contributed by atoms with Gasteiger partial charge in [0.05, 0.1) is 19.8 Å². The second-order valence-electron chi connectivity index (χ2n) is 3.48. The number of ether oxygens (including phenoxy) is 2. The quantitative estimate of drug-likeness (QED) is 0.762. The lowest BCUT2D eigenvalue weighted by molar-refractivity contribution is -0.162. The zero-order chi connectivity index (χ0) is 12.0. The Bertz CT molecular complexity index is 321. The molecular weight excluding hydrogens is 208 g/mol. The minimum absolute atomic E-state index is 0.269. The van der Waals surface area contributed by atoms with E-state index in [0.29, 0.717) is 0 Å². The van der Waals surface area contributed by atoms with E-state index >= 15 is 0 Å². The van der Waals surface area contributed by atoms with Gasteiger partial charge in [-0.15, -0.1) is 0 Å². The molecule has 2 atom stereocenters. The molecule has 0 fully saturated rings. The summed E-state index contributed by atoms with van der Waals surface area (Å²) in [5.41, 5.74) is 0.942. The maximum atomic E-state index is 11.3. The van der Waals surface area contributed by atoms with Gasteiger partial charge in [0.25, 0.3) is 0 Å². The standard InChI is InChI=1S/C12H16O4/c1-9(13)11(12(14)15-2)16-8-10-6-4-3-5-7-10/h3-7,9,11,13H,8H2,1-2H3/t9-,11+/m1/s1. The summed E-state index contributed by atoms with van der Waals surface area (Å²) in [6, 6.07) is 9.44. The fraction of sp³-hybridized carbons (Fsp3) is 0.417.